The van der Waals surface area contributed by atoms with Crippen LogP contribution in [-0.2, 0) is 16.6 Å². The molecule has 0 heterocycles. The molecule has 3 aromatic rings. The van der Waals surface area contributed by atoms with Crippen LogP contribution in [-0.4, -0.2) is 20.6 Å². The standard InChI is InChI=1S/C23H21Cl2FN2O3S/c1-15(16-6-10-18(26)11-7-16)27-23(29)17-8-12-19(13-9-17)28(32(2,30)31)14-20-21(24)4-3-5-22(20)25/h3-13,15H,14H2,1-2H3,(H,27,29)/t15-/m0/s1. The van der Waals surface area contributed by atoms with E-state index < -0.39 is 10.0 Å². The van der Waals surface area contributed by atoms with Crippen LogP contribution in [0, 0.1) is 5.82 Å². The molecule has 0 fully saturated rings. The minimum atomic E-state index is -3.66. The summed E-state index contributed by atoms with van der Waals surface area (Å²) in [6.07, 6.45) is 1.09. The average Bonchev–Trinajstić information content (AvgIpc) is 2.73. The van der Waals surface area contributed by atoms with Crippen molar-refractivity contribution in [3.63, 3.8) is 0 Å². The number of halogens is 3. The number of carbonyl (C=O) groups excluding carboxylic acids is 1. The maximum atomic E-state index is 13.1. The molecule has 1 atom stereocenters. The van der Waals surface area contributed by atoms with Crippen molar-refractivity contribution < 1.29 is 17.6 Å². The van der Waals surface area contributed by atoms with Crippen LogP contribution >= 0.6 is 23.2 Å². The van der Waals surface area contributed by atoms with Crippen LogP contribution in [0.1, 0.15) is 34.5 Å². The highest BCUT2D eigenvalue weighted by atomic mass is 35.5. The second kappa shape index (κ2) is 9.90. The Morgan fingerprint density at radius 3 is 2.09 bits per heavy atom. The molecule has 1 N–H and O–H groups in total. The summed E-state index contributed by atoms with van der Waals surface area (Å²) >= 11 is 12.4. The number of nitrogens with zero attached hydrogens (tertiary/aromatic N) is 1. The number of hydrogen-bond acceptors (Lipinski definition) is 3. The Morgan fingerprint density at radius 1 is 1.00 bits per heavy atom. The third-order valence-corrected chi connectivity index (χ3v) is 6.75. The molecule has 1 amide bonds. The number of amides is 1. The average molecular weight is 495 g/mol. The van der Waals surface area contributed by atoms with Gasteiger partial charge in [0, 0.05) is 21.2 Å². The van der Waals surface area contributed by atoms with Crippen molar-refractivity contribution in [1.82, 2.24) is 5.32 Å². The number of carbonyl (C=O) groups is 1. The van der Waals surface area contributed by atoms with Crippen molar-refractivity contribution in [2.45, 2.75) is 19.5 Å². The Bertz CT molecular complexity index is 1200. The van der Waals surface area contributed by atoms with Crippen molar-refractivity contribution in [1.29, 1.82) is 0 Å². The van der Waals surface area contributed by atoms with Gasteiger partial charge in [0.1, 0.15) is 5.82 Å². The summed E-state index contributed by atoms with van der Waals surface area (Å²) in [7, 11) is -3.66. The minimum absolute atomic E-state index is 0.0511. The lowest BCUT2D eigenvalue weighted by Gasteiger charge is -2.24. The van der Waals surface area contributed by atoms with Crippen LogP contribution in [0.2, 0.25) is 10.0 Å². The molecule has 0 aliphatic heterocycles. The maximum absolute atomic E-state index is 13.1. The summed E-state index contributed by atoms with van der Waals surface area (Å²) in [5, 5.41) is 3.55. The SMILES string of the molecule is C[C@H](NC(=O)c1ccc(N(Cc2c(Cl)cccc2Cl)S(C)(=O)=O)cc1)c1ccc(F)cc1. The summed E-state index contributed by atoms with van der Waals surface area (Å²) in [6.45, 7) is 1.74. The zero-order chi connectivity index (χ0) is 23.5. The van der Waals surface area contributed by atoms with Crippen molar-refractivity contribution >= 4 is 44.8 Å². The van der Waals surface area contributed by atoms with E-state index in [1.807, 2.05) is 0 Å². The number of nitrogens with one attached hydrogen (secondary N) is 1. The molecule has 0 saturated heterocycles. The molecule has 0 aliphatic carbocycles. The Labute approximate surface area is 196 Å². The summed E-state index contributed by atoms with van der Waals surface area (Å²) in [4.78, 5) is 12.6. The van der Waals surface area contributed by atoms with Crippen LogP contribution in [0.25, 0.3) is 0 Å². The third kappa shape index (κ3) is 5.79. The summed E-state index contributed by atoms with van der Waals surface area (Å²) in [5.41, 5.74) is 1.96. The Balaban J connectivity index is 1.80. The fourth-order valence-corrected chi connectivity index (χ4v) is 4.51. The van der Waals surface area contributed by atoms with E-state index in [1.165, 1.54) is 28.6 Å². The number of rotatable bonds is 7. The van der Waals surface area contributed by atoms with Gasteiger partial charge in [-0.1, -0.05) is 41.4 Å². The largest absolute Gasteiger partial charge is 0.346 e. The fourth-order valence-electron chi connectivity index (χ4n) is 3.12. The lowest BCUT2D eigenvalue weighted by molar-refractivity contribution is 0.0940. The first-order chi connectivity index (χ1) is 15.1. The molecular formula is C23H21Cl2FN2O3S. The molecule has 168 valence electrons. The molecule has 32 heavy (non-hydrogen) atoms. The van der Waals surface area contributed by atoms with Gasteiger partial charge in [-0.2, -0.15) is 0 Å². The number of benzene rings is 3. The quantitative estimate of drug-likeness (QED) is 0.465. The molecule has 0 bridgehead atoms. The fraction of sp³-hybridized carbons (Fsp3) is 0.174. The Morgan fingerprint density at radius 2 is 1.56 bits per heavy atom. The van der Waals surface area contributed by atoms with E-state index in [0.29, 0.717) is 26.9 Å². The van der Waals surface area contributed by atoms with E-state index in [0.717, 1.165) is 11.8 Å². The predicted octanol–water partition coefficient (Wildman–Crippen LogP) is 5.59. The van der Waals surface area contributed by atoms with E-state index in [4.69, 9.17) is 23.2 Å². The maximum Gasteiger partial charge on any atom is 0.251 e. The smallest absolute Gasteiger partial charge is 0.251 e. The molecule has 0 saturated carbocycles. The van der Waals surface area contributed by atoms with Gasteiger partial charge in [0.15, 0.2) is 0 Å². The van der Waals surface area contributed by atoms with Crippen molar-refractivity contribution in [2.24, 2.45) is 0 Å². The molecular weight excluding hydrogens is 474 g/mol. The Kier molecular flexibility index (Phi) is 7.44. The molecule has 0 radical (unpaired) electrons. The molecule has 3 aromatic carbocycles. The zero-order valence-electron chi connectivity index (χ0n) is 17.3. The van der Waals surface area contributed by atoms with Crippen LogP contribution in [0.15, 0.2) is 66.7 Å². The Hall–Kier alpha value is -2.61. The molecule has 5 nitrogen and oxygen atoms in total. The second-order valence-corrected chi connectivity index (χ2v) is 9.98. The minimum Gasteiger partial charge on any atom is -0.346 e. The predicted molar refractivity (Wildman–Crippen MR) is 126 cm³/mol. The topological polar surface area (TPSA) is 66.5 Å². The molecule has 3 rings (SSSR count). The van der Waals surface area contributed by atoms with Gasteiger partial charge in [0.25, 0.3) is 5.91 Å². The van der Waals surface area contributed by atoms with E-state index in [-0.39, 0.29) is 24.3 Å². The van der Waals surface area contributed by atoms with Crippen molar-refractivity contribution in [3.8, 4) is 0 Å². The van der Waals surface area contributed by atoms with Gasteiger partial charge < -0.3 is 5.32 Å². The van der Waals surface area contributed by atoms with Crippen LogP contribution in [0.5, 0.6) is 0 Å². The third-order valence-electron chi connectivity index (χ3n) is 4.90. The lowest BCUT2D eigenvalue weighted by atomic mass is 10.1. The van der Waals surface area contributed by atoms with Crippen LogP contribution < -0.4 is 9.62 Å². The summed E-state index contributed by atoms with van der Waals surface area (Å²) < 4.78 is 39.1. The zero-order valence-corrected chi connectivity index (χ0v) is 19.7. The van der Waals surface area contributed by atoms with Gasteiger partial charge in [-0.15, -0.1) is 0 Å². The van der Waals surface area contributed by atoms with E-state index in [9.17, 15) is 17.6 Å². The molecule has 0 aromatic heterocycles. The van der Waals surface area contributed by atoms with E-state index in [2.05, 4.69) is 5.32 Å². The molecule has 0 spiro atoms. The van der Waals surface area contributed by atoms with Gasteiger partial charge in [-0.05, 0) is 61.0 Å². The van der Waals surface area contributed by atoms with Gasteiger partial charge >= 0.3 is 0 Å². The number of hydrogen-bond donors (Lipinski definition) is 1. The van der Waals surface area contributed by atoms with E-state index in [1.54, 1.807) is 49.4 Å². The highest BCUT2D eigenvalue weighted by Crippen LogP contribution is 2.29. The van der Waals surface area contributed by atoms with Gasteiger partial charge in [-0.3, -0.25) is 9.10 Å². The second-order valence-electron chi connectivity index (χ2n) is 7.26. The van der Waals surface area contributed by atoms with Crippen molar-refractivity contribution in [3.05, 3.63) is 99.3 Å². The van der Waals surface area contributed by atoms with Gasteiger partial charge in [0.05, 0.1) is 24.5 Å². The van der Waals surface area contributed by atoms with E-state index >= 15 is 0 Å². The first-order valence-corrected chi connectivity index (χ1v) is 12.2. The molecule has 9 heteroatoms. The first-order valence-electron chi connectivity index (χ1n) is 9.63. The lowest BCUT2D eigenvalue weighted by Crippen LogP contribution is -2.30. The summed E-state index contributed by atoms with van der Waals surface area (Å²) in [5.74, 6) is -0.690. The monoisotopic (exact) mass is 494 g/mol. The summed E-state index contributed by atoms with van der Waals surface area (Å²) in [6, 6.07) is 16.7. The number of anilines is 1. The van der Waals surface area contributed by atoms with Crippen LogP contribution in [0.4, 0.5) is 10.1 Å². The number of sulfonamides is 1. The molecule has 0 aliphatic rings. The van der Waals surface area contributed by atoms with Gasteiger partial charge in [-0.25, -0.2) is 12.8 Å². The van der Waals surface area contributed by atoms with Gasteiger partial charge in [0.2, 0.25) is 10.0 Å². The normalized spacial score (nSPS) is 12.3. The first kappa shape index (κ1) is 24.0. The highest BCUT2D eigenvalue weighted by Gasteiger charge is 2.21. The highest BCUT2D eigenvalue weighted by molar-refractivity contribution is 7.92. The molecule has 0 unspecified atom stereocenters. The van der Waals surface area contributed by atoms with Crippen LogP contribution in [0.3, 0.4) is 0 Å². The van der Waals surface area contributed by atoms with Crippen molar-refractivity contribution in [2.75, 3.05) is 10.6 Å².